The number of fused-ring (bicyclic) bond motifs is 8. The normalized spacial score (nSPS) is 30.5. The smallest absolute Gasteiger partial charge is 0.305 e. The van der Waals surface area contributed by atoms with Gasteiger partial charge in [0.15, 0.2) is 35.4 Å². The second kappa shape index (κ2) is 11.6. The maximum absolute atomic E-state index is 11.4. The number of hydrogen-bond acceptors (Lipinski definition) is 16. The second-order valence-electron chi connectivity index (χ2n) is 12.9. The van der Waals surface area contributed by atoms with Crippen LogP contribution in [0.2, 0.25) is 0 Å². The predicted octanol–water partition coefficient (Wildman–Crippen LogP) is 1.26. The highest BCUT2D eigenvalue weighted by Crippen LogP contribution is 2.63. The summed E-state index contributed by atoms with van der Waals surface area (Å²) in [5.74, 6) is -7.00. The number of ether oxygens (including phenoxy) is 5. The van der Waals surface area contributed by atoms with E-state index in [4.69, 9.17) is 23.7 Å². The number of aliphatic hydroxyl groups excluding tert-OH is 4. The van der Waals surface area contributed by atoms with E-state index in [1.165, 1.54) is 36.4 Å². The first-order chi connectivity index (χ1) is 24.3. The highest BCUT2D eigenvalue weighted by Gasteiger charge is 2.62. The molecule has 11 N–H and O–H groups in total. The van der Waals surface area contributed by atoms with Crippen molar-refractivity contribution in [1.29, 1.82) is 0 Å². The van der Waals surface area contributed by atoms with Crippen LogP contribution in [-0.4, -0.2) is 99.6 Å². The topological polar surface area (TPSA) is 269 Å². The summed E-state index contributed by atoms with van der Waals surface area (Å²) in [6.45, 7) is -0.452. The third kappa shape index (κ3) is 4.98. The molecule has 0 radical (unpaired) electrons. The molecule has 0 aliphatic carbocycles. The lowest BCUT2D eigenvalue weighted by atomic mass is 9.74. The van der Waals surface area contributed by atoms with Crippen LogP contribution in [0.1, 0.15) is 39.8 Å². The number of benzene rings is 4. The largest absolute Gasteiger partial charge is 0.508 e. The maximum Gasteiger partial charge on any atom is 0.305 e. The molecule has 16 nitrogen and oxygen atoms in total. The minimum absolute atomic E-state index is 0.00353. The Hall–Kier alpha value is -5.36. The Bertz CT molecular complexity index is 2050. The van der Waals surface area contributed by atoms with Crippen molar-refractivity contribution in [2.45, 2.75) is 61.0 Å². The highest BCUT2D eigenvalue weighted by atomic mass is 16.8. The van der Waals surface area contributed by atoms with Crippen molar-refractivity contribution >= 4 is 0 Å². The third-order valence-electron chi connectivity index (χ3n) is 9.74. The third-order valence-corrected chi connectivity index (χ3v) is 9.74. The van der Waals surface area contributed by atoms with E-state index >= 15 is 0 Å². The Labute approximate surface area is 287 Å². The van der Waals surface area contributed by atoms with Crippen molar-refractivity contribution in [2.75, 3.05) is 6.61 Å². The molecule has 0 amide bonds. The van der Waals surface area contributed by atoms with Crippen LogP contribution < -0.4 is 14.2 Å². The number of phenols is 7. The van der Waals surface area contributed by atoms with E-state index in [-0.39, 0.29) is 57.2 Å². The lowest BCUT2D eigenvalue weighted by molar-refractivity contribution is -0.327. The molecule has 4 heterocycles. The monoisotopic (exact) mass is 708 g/mol. The fourth-order valence-electron chi connectivity index (χ4n) is 7.28. The minimum Gasteiger partial charge on any atom is -0.508 e. The molecule has 16 heteroatoms. The molecule has 51 heavy (non-hydrogen) atoms. The molecule has 4 aromatic carbocycles. The van der Waals surface area contributed by atoms with Crippen LogP contribution in [0, 0.1) is 0 Å². The molecule has 9 atom stereocenters. The summed E-state index contributed by atoms with van der Waals surface area (Å²) in [6.07, 6.45) is -10.8. The Kier molecular flexibility index (Phi) is 7.46. The zero-order valence-corrected chi connectivity index (χ0v) is 26.2. The first-order valence-electron chi connectivity index (χ1n) is 15.8. The van der Waals surface area contributed by atoms with Crippen molar-refractivity contribution in [3.8, 4) is 57.5 Å². The highest BCUT2D eigenvalue weighted by molar-refractivity contribution is 5.68. The standard InChI is InChI=1S/C35H32O16/c36-14-7-21(42)26-24(8-14)50-35(13-2-4-17(38)20(41)6-13)33(49-34-30(46)29(45)23(44)11-47-34)28(26)27-25(51-35)10-18(39)15-9-22(43)31(48-32(15)27)12-1-3-16(37)19(40)5-12/h1-8,10,22-23,28-31,33-34,36-46H,9,11H2/t22-,23+,28-,29+,30+,31-,33-,34-,35+/m0/s1. The number of aromatic hydroxyl groups is 7. The molecular weight excluding hydrogens is 676 g/mol. The minimum atomic E-state index is -2.23. The quantitative estimate of drug-likeness (QED) is 0.133. The van der Waals surface area contributed by atoms with Crippen LogP contribution in [0.3, 0.4) is 0 Å². The van der Waals surface area contributed by atoms with Gasteiger partial charge in [-0.15, -0.1) is 0 Å². The van der Waals surface area contributed by atoms with Crippen molar-refractivity contribution in [1.82, 2.24) is 0 Å². The van der Waals surface area contributed by atoms with Crippen LogP contribution in [0.25, 0.3) is 0 Å². The molecule has 0 aromatic heterocycles. The molecule has 1 saturated heterocycles. The van der Waals surface area contributed by atoms with Gasteiger partial charge in [0.25, 0.3) is 0 Å². The molecule has 268 valence electrons. The van der Waals surface area contributed by atoms with Gasteiger partial charge in [0.05, 0.1) is 18.6 Å². The van der Waals surface area contributed by atoms with Gasteiger partial charge >= 0.3 is 5.79 Å². The van der Waals surface area contributed by atoms with E-state index < -0.39 is 95.7 Å². The van der Waals surface area contributed by atoms with E-state index in [1.54, 1.807) is 0 Å². The summed E-state index contributed by atoms with van der Waals surface area (Å²) < 4.78 is 31.4. The zero-order chi connectivity index (χ0) is 36.1. The average Bonchev–Trinajstić information content (AvgIpc) is 3.07. The van der Waals surface area contributed by atoms with Crippen LogP contribution in [0.4, 0.5) is 0 Å². The number of hydrogen-bond donors (Lipinski definition) is 11. The van der Waals surface area contributed by atoms with Gasteiger partial charge in [-0.05, 0) is 35.9 Å². The lowest BCUT2D eigenvalue weighted by Gasteiger charge is -2.53. The van der Waals surface area contributed by atoms with Crippen LogP contribution >= 0.6 is 0 Å². The van der Waals surface area contributed by atoms with Crippen LogP contribution in [0.5, 0.6) is 57.5 Å². The van der Waals surface area contributed by atoms with Gasteiger partial charge in [-0.25, -0.2) is 0 Å². The molecule has 4 aromatic rings. The number of aliphatic hydroxyl groups is 4. The first kappa shape index (κ1) is 32.8. The fourth-order valence-corrected chi connectivity index (χ4v) is 7.28. The Morgan fingerprint density at radius 3 is 2.04 bits per heavy atom. The number of rotatable bonds is 4. The molecule has 8 rings (SSSR count). The summed E-state index contributed by atoms with van der Waals surface area (Å²) in [6, 6.07) is 10.9. The lowest BCUT2D eigenvalue weighted by Crippen LogP contribution is -2.62. The summed E-state index contributed by atoms with van der Waals surface area (Å²) in [7, 11) is 0. The van der Waals surface area contributed by atoms with Crippen LogP contribution in [-0.2, 0) is 21.7 Å². The van der Waals surface area contributed by atoms with E-state index in [0.29, 0.717) is 0 Å². The molecule has 4 aliphatic rings. The zero-order valence-electron chi connectivity index (χ0n) is 26.2. The van der Waals surface area contributed by atoms with Gasteiger partial charge in [-0.2, -0.15) is 0 Å². The van der Waals surface area contributed by atoms with Crippen molar-refractivity contribution in [3.63, 3.8) is 0 Å². The van der Waals surface area contributed by atoms with Gasteiger partial charge in [-0.1, -0.05) is 6.07 Å². The first-order valence-corrected chi connectivity index (χ1v) is 15.8. The van der Waals surface area contributed by atoms with E-state index in [0.717, 1.165) is 18.2 Å². The van der Waals surface area contributed by atoms with E-state index in [1.807, 2.05) is 0 Å². The van der Waals surface area contributed by atoms with Gasteiger partial charge in [0.2, 0.25) is 0 Å². The maximum atomic E-state index is 11.4. The Morgan fingerprint density at radius 2 is 1.33 bits per heavy atom. The van der Waals surface area contributed by atoms with Gasteiger partial charge in [0.1, 0.15) is 58.9 Å². The van der Waals surface area contributed by atoms with Gasteiger partial charge < -0.3 is 79.9 Å². The van der Waals surface area contributed by atoms with Crippen LogP contribution in [0.15, 0.2) is 54.6 Å². The SMILES string of the molecule is Oc1cc(O)c2c(c1)O[C@]1(c3ccc(O)c(O)c3)Oc3cc(O)c4c(c3[C@H]2[C@@H]1O[C@@H]1OC[C@@H](O)[C@@H](O)[C@H]1O)O[C@@H](c1ccc(O)c(O)c1)[C@@H](O)C4. The molecule has 4 aliphatic heterocycles. The van der Waals surface area contributed by atoms with E-state index in [9.17, 15) is 56.2 Å². The summed E-state index contributed by atoms with van der Waals surface area (Å²) in [5.41, 5.74) is 0.515. The van der Waals surface area contributed by atoms with Crippen molar-refractivity contribution < 1.29 is 79.9 Å². The summed E-state index contributed by atoms with van der Waals surface area (Å²) >= 11 is 0. The second-order valence-corrected chi connectivity index (χ2v) is 12.9. The average molecular weight is 709 g/mol. The fraction of sp³-hybridized carbons (Fsp3) is 0.314. The Balaban J connectivity index is 1.38. The predicted molar refractivity (Wildman–Crippen MR) is 168 cm³/mol. The molecule has 2 bridgehead atoms. The van der Waals surface area contributed by atoms with Crippen molar-refractivity contribution in [2.24, 2.45) is 0 Å². The van der Waals surface area contributed by atoms with Crippen molar-refractivity contribution in [3.05, 3.63) is 82.4 Å². The van der Waals surface area contributed by atoms with Gasteiger partial charge in [0, 0.05) is 46.9 Å². The summed E-state index contributed by atoms with van der Waals surface area (Å²) in [5, 5.41) is 117. The summed E-state index contributed by atoms with van der Waals surface area (Å²) in [4.78, 5) is 0. The molecule has 0 unspecified atom stereocenters. The van der Waals surface area contributed by atoms with E-state index in [2.05, 4.69) is 0 Å². The molecular formula is C35H32O16. The van der Waals surface area contributed by atoms with Gasteiger partial charge in [-0.3, -0.25) is 0 Å². The molecule has 0 saturated carbocycles. The Morgan fingerprint density at radius 1 is 0.647 bits per heavy atom. The molecule has 1 fully saturated rings. The number of phenolic OH excluding ortho intramolecular Hbond substituents is 7. The molecule has 0 spiro atoms.